The Morgan fingerprint density at radius 2 is 2.29 bits per heavy atom. The number of nitro benzene ring substituents is 1. The smallest absolute Gasteiger partial charge is 0.274 e. The Kier molecular flexibility index (Phi) is 4.57. The summed E-state index contributed by atoms with van der Waals surface area (Å²) < 4.78 is 0. The van der Waals surface area contributed by atoms with Gasteiger partial charge in [-0.3, -0.25) is 24.9 Å². The Bertz CT molecular complexity index is 744. The van der Waals surface area contributed by atoms with Crippen molar-refractivity contribution in [3.05, 3.63) is 57.4 Å². The molecule has 1 aromatic carbocycles. The summed E-state index contributed by atoms with van der Waals surface area (Å²) in [5, 5.41) is 18.2. The zero-order chi connectivity index (χ0) is 17.1. The molecule has 0 spiro atoms. The van der Waals surface area contributed by atoms with E-state index in [0.29, 0.717) is 12.1 Å². The van der Waals surface area contributed by atoms with Crippen LogP contribution in [-0.4, -0.2) is 32.5 Å². The molecule has 1 amide bonds. The molecule has 3 rings (SSSR count). The second kappa shape index (κ2) is 6.79. The van der Waals surface area contributed by atoms with E-state index in [4.69, 9.17) is 5.73 Å². The molecule has 0 bridgehead atoms. The molecule has 8 heteroatoms. The summed E-state index contributed by atoms with van der Waals surface area (Å²) in [4.78, 5) is 24.4. The maximum atomic E-state index is 11.4. The van der Waals surface area contributed by atoms with E-state index >= 15 is 0 Å². The molecule has 126 valence electrons. The molecular weight excluding hydrogens is 310 g/mol. The molecule has 1 aromatic heterocycles. The van der Waals surface area contributed by atoms with E-state index in [1.165, 1.54) is 6.07 Å². The Hall–Kier alpha value is -2.74. The average Bonchev–Trinajstić information content (AvgIpc) is 3.09. The predicted molar refractivity (Wildman–Crippen MR) is 87.2 cm³/mol. The number of nitrogens with two attached hydrogens (primary N) is 1. The monoisotopic (exact) mass is 329 g/mol. The minimum atomic E-state index is -0.668. The minimum Gasteiger partial charge on any atom is -0.366 e. The highest BCUT2D eigenvalue weighted by molar-refractivity contribution is 5.93. The molecule has 1 fully saturated rings. The lowest BCUT2D eigenvalue weighted by atomic mass is 9.96. The van der Waals surface area contributed by atoms with Gasteiger partial charge in [-0.2, -0.15) is 5.10 Å². The first kappa shape index (κ1) is 16.1. The molecule has 3 N–H and O–H groups in total. The van der Waals surface area contributed by atoms with Gasteiger partial charge in [0.2, 0.25) is 5.91 Å². The van der Waals surface area contributed by atoms with Gasteiger partial charge < -0.3 is 5.73 Å². The number of amides is 1. The summed E-state index contributed by atoms with van der Waals surface area (Å²) in [7, 11) is 0. The molecule has 8 nitrogen and oxygen atoms in total. The number of primary amides is 1. The summed E-state index contributed by atoms with van der Waals surface area (Å²) in [6.45, 7) is 1.32. The van der Waals surface area contributed by atoms with Crippen LogP contribution in [0.15, 0.2) is 30.6 Å². The van der Waals surface area contributed by atoms with Gasteiger partial charge in [-0.25, -0.2) is 0 Å². The van der Waals surface area contributed by atoms with Crippen LogP contribution in [0.25, 0.3) is 0 Å². The number of H-pyrrole nitrogens is 1. The van der Waals surface area contributed by atoms with Gasteiger partial charge in [0, 0.05) is 41.5 Å². The van der Waals surface area contributed by atoms with E-state index in [1.54, 1.807) is 18.3 Å². The molecule has 1 aliphatic rings. The lowest BCUT2D eigenvalue weighted by Crippen LogP contribution is -2.33. The van der Waals surface area contributed by atoms with Crippen LogP contribution < -0.4 is 5.73 Å². The number of likely N-dealkylation sites (tertiary alicyclic amines) is 1. The van der Waals surface area contributed by atoms with E-state index in [2.05, 4.69) is 15.1 Å². The highest BCUT2D eigenvalue weighted by Crippen LogP contribution is 2.33. The minimum absolute atomic E-state index is 0.0668. The first-order chi connectivity index (χ1) is 11.6. The van der Waals surface area contributed by atoms with Crippen molar-refractivity contribution in [2.45, 2.75) is 31.8 Å². The van der Waals surface area contributed by atoms with Gasteiger partial charge in [-0.1, -0.05) is 12.5 Å². The first-order valence-electron chi connectivity index (χ1n) is 7.86. The van der Waals surface area contributed by atoms with E-state index in [9.17, 15) is 14.9 Å². The number of rotatable bonds is 5. The Balaban J connectivity index is 1.88. The summed E-state index contributed by atoms with van der Waals surface area (Å²) in [6.07, 6.45) is 6.84. The number of nitro groups is 1. The van der Waals surface area contributed by atoms with Crippen molar-refractivity contribution in [2.24, 2.45) is 5.73 Å². The Morgan fingerprint density at radius 3 is 2.96 bits per heavy atom. The van der Waals surface area contributed by atoms with Crippen LogP contribution in [0.4, 0.5) is 5.69 Å². The van der Waals surface area contributed by atoms with Crippen LogP contribution >= 0.6 is 0 Å². The number of carbonyl (C=O) groups excluding carboxylic acids is 1. The fourth-order valence-electron chi connectivity index (χ4n) is 3.24. The van der Waals surface area contributed by atoms with Crippen LogP contribution in [0, 0.1) is 10.1 Å². The second-order valence-corrected chi connectivity index (χ2v) is 5.98. The number of benzene rings is 1. The third-order valence-corrected chi connectivity index (χ3v) is 4.46. The van der Waals surface area contributed by atoms with Crippen LogP contribution in [-0.2, 0) is 6.54 Å². The molecule has 0 aliphatic carbocycles. The number of nitrogens with zero attached hydrogens (tertiary/aromatic N) is 3. The third kappa shape index (κ3) is 3.28. The molecule has 1 atom stereocenters. The van der Waals surface area contributed by atoms with Crippen LogP contribution in [0.2, 0.25) is 0 Å². The molecule has 1 aliphatic heterocycles. The number of aromatic nitrogens is 2. The molecule has 0 saturated carbocycles. The predicted octanol–water partition coefficient (Wildman–Crippen LogP) is 2.14. The van der Waals surface area contributed by atoms with Crippen molar-refractivity contribution in [2.75, 3.05) is 6.54 Å². The lowest BCUT2D eigenvalue weighted by molar-refractivity contribution is -0.385. The summed E-state index contributed by atoms with van der Waals surface area (Å²) in [6, 6.07) is 4.61. The number of hydrogen-bond acceptors (Lipinski definition) is 5. The fraction of sp³-hybridized carbons (Fsp3) is 0.375. The summed E-state index contributed by atoms with van der Waals surface area (Å²) in [5.74, 6) is -0.668. The number of hydrogen-bond donors (Lipinski definition) is 2. The van der Waals surface area contributed by atoms with Gasteiger partial charge in [-0.05, 0) is 25.5 Å². The van der Waals surface area contributed by atoms with E-state index in [-0.39, 0.29) is 17.3 Å². The van der Waals surface area contributed by atoms with E-state index in [1.807, 2.05) is 6.20 Å². The van der Waals surface area contributed by atoms with Crippen molar-refractivity contribution in [1.29, 1.82) is 0 Å². The molecule has 2 aromatic rings. The molecule has 0 unspecified atom stereocenters. The Morgan fingerprint density at radius 1 is 1.46 bits per heavy atom. The number of carbonyl (C=O) groups is 1. The largest absolute Gasteiger partial charge is 0.366 e. The van der Waals surface area contributed by atoms with Crippen molar-refractivity contribution in [3.63, 3.8) is 0 Å². The SMILES string of the molecule is NC(=O)c1ccc(CN2CCCC[C@H]2c2cn[nH]c2)c([N+](=O)[O-])c1. The molecular formula is C16H19N5O3. The highest BCUT2D eigenvalue weighted by atomic mass is 16.6. The van der Waals surface area contributed by atoms with Gasteiger partial charge in [-0.15, -0.1) is 0 Å². The third-order valence-electron chi connectivity index (χ3n) is 4.46. The zero-order valence-corrected chi connectivity index (χ0v) is 13.1. The molecule has 1 saturated heterocycles. The Labute approximate surface area is 138 Å². The zero-order valence-electron chi connectivity index (χ0n) is 13.1. The second-order valence-electron chi connectivity index (χ2n) is 5.98. The van der Waals surface area contributed by atoms with Gasteiger partial charge in [0.1, 0.15) is 0 Å². The van der Waals surface area contributed by atoms with Crippen molar-refractivity contribution in [3.8, 4) is 0 Å². The molecule has 0 radical (unpaired) electrons. The van der Waals surface area contributed by atoms with Gasteiger partial charge in [0.05, 0.1) is 11.1 Å². The van der Waals surface area contributed by atoms with Crippen LogP contribution in [0.5, 0.6) is 0 Å². The first-order valence-corrected chi connectivity index (χ1v) is 7.86. The van der Waals surface area contributed by atoms with E-state index < -0.39 is 10.8 Å². The van der Waals surface area contributed by atoms with Gasteiger partial charge >= 0.3 is 0 Å². The number of aromatic amines is 1. The van der Waals surface area contributed by atoms with Crippen molar-refractivity contribution < 1.29 is 9.72 Å². The van der Waals surface area contributed by atoms with Gasteiger partial charge in [0.25, 0.3) is 5.69 Å². The summed E-state index contributed by atoms with van der Waals surface area (Å²) >= 11 is 0. The van der Waals surface area contributed by atoms with Gasteiger partial charge in [0.15, 0.2) is 0 Å². The average molecular weight is 329 g/mol. The summed E-state index contributed by atoms with van der Waals surface area (Å²) in [5.41, 5.74) is 6.98. The maximum absolute atomic E-state index is 11.4. The van der Waals surface area contributed by atoms with E-state index in [0.717, 1.165) is 31.4 Å². The van der Waals surface area contributed by atoms with Crippen molar-refractivity contribution >= 4 is 11.6 Å². The van der Waals surface area contributed by atoms with Crippen molar-refractivity contribution in [1.82, 2.24) is 15.1 Å². The maximum Gasteiger partial charge on any atom is 0.274 e. The van der Waals surface area contributed by atoms with Crippen LogP contribution in [0.3, 0.4) is 0 Å². The quantitative estimate of drug-likeness (QED) is 0.643. The van der Waals surface area contributed by atoms with Crippen LogP contribution in [0.1, 0.15) is 46.8 Å². The standard InChI is InChI=1S/C16H19N5O3/c17-16(22)11-4-5-12(15(7-11)21(23)24)10-20-6-2-1-3-14(20)13-8-18-19-9-13/h4-5,7-9,14H,1-3,6,10H2,(H2,17,22)(H,18,19)/t14-/m0/s1. The number of nitrogens with one attached hydrogen (secondary N) is 1. The lowest BCUT2D eigenvalue weighted by Gasteiger charge is -2.35. The molecule has 24 heavy (non-hydrogen) atoms. The highest BCUT2D eigenvalue weighted by Gasteiger charge is 2.27. The topological polar surface area (TPSA) is 118 Å². The molecule has 2 heterocycles. The number of piperidine rings is 1. The fourth-order valence-corrected chi connectivity index (χ4v) is 3.24. The normalized spacial score (nSPS) is 18.4.